The molecule has 1 heterocycles. The maximum absolute atomic E-state index is 5.87. The molecule has 0 saturated carbocycles. The third-order valence-corrected chi connectivity index (χ3v) is 3.97. The summed E-state index contributed by atoms with van der Waals surface area (Å²) in [4.78, 5) is 5.45. The summed E-state index contributed by atoms with van der Waals surface area (Å²) < 4.78 is 0. The summed E-state index contributed by atoms with van der Waals surface area (Å²) >= 11 is 7.47. The fourth-order valence-electron chi connectivity index (χ4n) is 1.69. The first-order valence-electron chi connectivity index (χ1n) is 5.54. The van der Waals surface area contributed by atoms with E-state index in [2.05, 4.69) is 5.16 Å². The number of benzene rings is 2. The SMILES string of the molecule is Clc1ccc(C2ON=C(c3ccccc3)S2)cc1. The molecule has 0 saturated heterocycles. The lowest BCUT2D eigenvalue weighted by atomic mass is 10.2. The van der Waals surface area contributed by atoms with Gasteiger partial charge >= 0.3 is 0 Å². The Labute approximate surface area is 115 Å². The number of nitrogens with zero attached hydrogens (tertiary/aromatic N) is 1. The Morgan fingerprint density at radius 2 is 1.72 bits per heavy atom. The van der Waals surface area contributed by atoms with E-state index in [0.717, 1.165) is 21.2 Å². The molecule has 90 valence electrons. The highest BCUT2D eigenvalue weighted by Crippen LogP contribution is 2.38. The lowest BCUT2D eigenvalue weighted by molar-refractivity contribution is 0.131. The molecule has 1 aliphatic heterocycles. The summed E-state index contributed by atoms with van der Waals surface area (Å²) in [7, 11) is 0. The topological polar surface area (TPSA) is 21.6 Å². The standard InChI is InChI=1S/C14H10ClNOS/c15-12-8-6-11(7-9-12)14-17-16-13(18-14)10-4-2-1-3-5-10/h1-9,14H. The number of rotatable bonds is 2. The van der Waals surface area contributed by atoms with Gasteiger partial charge < -0.3 is 4.84 Å². The number of hydrogen-bond acceptors (Lipinski definition) is 3. The van der Waals surface area contributed by atoms with Gasteiger partial charge in [-0.05, 0) is 12.1 Å². The van der Waals surface area contributed by atoms with E-state index in [0.29, 0.717) is 0 Å². The fourth-order valence-corrected chi connectivity index (χ4v) is 2.76. The van der Waals surface area contributed by atoms with Crippen LogP contribution in [-0.4, -0.2) is 5.04 Å². The molecule has 3 rings (SSSR count). The van der Waals surface area contributed by atoms with Gasteiger partial charge in [-0.3, -0.25) is 0 Å². The molecule has 0 spiro atoms. The van der Waals surface area contributed by atoms with Gasteiger partial charge in [-0.1, -0.05) is 71.0 Å². The average Bonchev–Trinajstić information content (AvgIpc) is 2.90. The molecule has 0 N–H and O–H groups in total. The van der Waals surface area contributed by atoms with Gasteiger partial charge in [0.25, 0.3) is 0 Å². The highest BCUT2D eigenvalue weighted by Gasteiger charge is 2.24. The van der Waals surface area contributed by atoms with E-state index in [4.69, 9.17) is 16.4 Å². The van der Waals surface area contributed by atoms with Crippen LogP contribution in [0.5, 0.6) is 0 Å². The quantitative estimate of drug-likeness (QED) is 0.807. The molecule has 0 fully saturated rings. The van der Waals surface area contributed by atoms with Crippen LogP contribution in [0.2, 0.25) is 5.02 Å². The molecule has 18 heavy (non-hydrogen) atoms. The van der Waals surface area contributed by atoms with Gasteiger partial charge in [0.1, 0.15) is 5.04 Å². The van der Waals surface area contributed by atoms with E-state index < -0.39 is 0 Å². The normalized spacial score (nSPS) is 18.3. The van der Waals surface area contributed by atoms with E-state index in [1.54, 1.807) is 11.8 Å². The number of oxime groups is 1. The van der Waals surface area contributed by atoms with Gasteiger partial charge in [0, 0.05) is 16.1 Å². The first kappa shape index (κ1) is 11.6. The smallest absolute Gasteiger partial charge is 0.204 e. The third-order valence-electron chi connectivity index (χ3n) is 2.61. The molecular weight excluding hydrogens is 266 g/mol. The first-order chi connectivity index (χ1) is 8.83. The fraction of sp³-hybridized carbons (Fsp3) is 0.0714. The molecule has 0 bridgehead atoms. The zero-order chi connectivity index (χ0) is 12.4. The minimum atomic E-state index is -0.0857. The van der Waals surface area contributed by atoms with Crippen LogP contribution in [0.25, 0.3) is 0 Å². The Hall–Kier alpha value is -1.45. The molecule has 2 aromatic carbocycles. The van der Waals surface area contributed by atoms with Crippen LogP contribution < -0.4 is 0 Å². The molecule has 1 aliphatic rings. The zero-order valence-electron chi connectivity index (χ0n) is 9.42. The van der Waals surface area contributed by atoms with Crippen molar-refractivity contribution in [3.63, 3.8) is 0 Å². The first-order valence-corrected chi connectivity index (χ1v) is 6.80. The van der Waals surface area contributed by atoms with Crippen LogP contribution >= 0.6 is 23.4 Å². The highest BCUT2D eigenvalue weighted by atomic mass is 35.5. The van der Waals surface area contributed by atoms with Gasteiger partial charge in [0.15, 0.2) is 0 Å². The van der Waals surface area contributed by atoms with Crippen molar-refractivity contribution < 1.29 is 4.84 Å². The van der Waals surface area contributed by atoms with E-state index >= 15 is 0 Å². The summed E-state index contributed by atoms with van der Waals surface area (Å²) in [6, 6.07) is 17.7. The van der Waals surface area contributed by atoms with Crippen molar-refractivity contribution in [1.29, 1.82) is 0 Å². The van der Waals surface area contributed by atoms with Crippen LogP contribution in [0.15, 0.2) is 59.8 Å². The number of thioether (sulfide) groups is 1. The van der Waals surface area contributed by atoms with E-state index in [1.165, 1.54) is 0 Å². The number of halogens is 1. The van der Waals surface area contributed by atoms with Crippen LogP contribution in [0.1, 0.15) is 16.6 Å². The minimum Gasteiger partial charge on any atom is -0.375 e. The Balaban J connectivity index is 1.76. The van der Waals surface area contributed by atoms with Crippen LogP contribution in [0.3, 0.4) is 0 Å². The molecule has 0 aromatic heterocycles. The van der Waals surface area contributed by atoms with Crippen LogP contribution in [0.4, 0.5) is 0 Å². The molecule has 0 radical (unpaired) electrons. The average molecular weight is 276 g/mol. The zero-order valence-corrected chi connectivity index (χ0v) is 11.0. The van der Waals surface area contributed by atoms with Crippen molar-refractivity contribution in [2.24, 2.45) is 5.16 Å². The third kappa shape index (κ3) is 2.37. The lowest BCUT2D eigenvalue weighted by Crippen LogP contribution is -1.93. The van der Waals surface area contributed by atoms with Crippen LogP contribution in [0, 0.1) is 0 Å². The molecule has 2 nitrogen and oxygen atoms in total. The van der Waals surface area contributed by atoms with Gasteiger partial charge in [0.2, 0.25) is 5.44 Å². The predicted octanol–water partition coefficient (Wildman–Crippen LogP) is 4.46. The molecule has 2 aromatic rings. The second-order valence-corrected chi connectivity index (χ2v) is 5.36. The largest absolute Gasteiger partial charge is 0.375 e. The molecular formula is C14H10ClNOS. The Kier molecular flexibility index (Phi) is 3.26. The predicted molar refractivity (Wildman–Crippen MR) is 75.8 cm³/mol. The number of hydrogen-bond donors (Lipinski definition) is 0. The van der Waals surface area contributed by atoms with E-state index in [9.17, 15) is 0 Å². The molecule has 0 aliphatic carbocycles. The lowest BCUT2D eigenvalue weighted by Gasteiger charge is -2.07. The van der Waals surface area contributed by atoms with Gasteiger partial charge in [0.05, 0.1) is 0 Å². The Morgan fingerprint density at radius 1 is 1.00 bits per heavy atom. The summed E-state index contributed by atoms with van der Waals surface area (Å²) in [6.45, 7) is 0. The van der Waals surface area contributed by atoms with E-state index in [1.807, 2.05) is 54.6 Å². The molecule has 4 heteroatoms. The van der Waals surface area contributed by atoms with Crippen LogP contribution in [-0.2, 0) is 4.84 Å². The van der Waals surface area contributed by atoms with Crippen molar-refractivity contribution in [2.75, 3.05) is 0 Å². The monoisotopic (exact) mass is 275 g/mol. The van der Waals surface area contributed by atoms with Crippen molar-refractivity contribution in [2.45, 2.75) is 5.44 Å². The van der Waals surface area contributed by atoms with Gasteiger partial charge in [-0.15, -0.1) is 0 Å². The maximum Gasteiger partial charge on any atom is 0.204 e. The summed E-state index contributed by atoms with van der Waals surface area (Å²) in [5, 5.41) is 5.77. The second-order valence-electron chi connectivity index (χ2n) is 3.87. The van der Waals surface area contributed by atoms with Crippen molar-refractivity contribution in [3.8, 4) is 0 Å². The molecule has 0 amide bonds. The molecule has 1 atom stereocenters. The van der Waals surface area contributed by atoms with Crippen molar-refractivity contribution in [3.05, 3.63) is 70.7 Å². The summed E-state index contributed by atoms with van der Waals surface area (Å²) in [5.74, 6) is 0. The minimum absolute atomic E-state index is 0.0857. The maximum atomic E-state index is 5.87. The Morgan fingerprint density at radius 3 is 2.44 bits per heavy atom. The van der Waals surface area contributed by atoms with E-state index in [-0.39, 0.29) is 5.44 Å². The second kappa shape index (κ2) is 5.04. The van der Waals surface area contributed by atoms with Crippen molar-refractivity contribution in [1.82, 2.24) is 0 Å². The van der Waals surface area contributed by atoms with Gasteiger partial charge in [-0.2, -0.15) is 0 Å². The summed E-state index contributed by atoms with van der Waals surface area (Å²) in [6.07, 6.45) is 0. The van der Waals surface area contributed by atoms with Crippen molar-refractivity contribution >= 4 is 28.4 Å². The summed E-state index contributed by atoms with van der Waals surface area (Å²) in [5.41, 5.74) is 2.07. The molecule has 1 unspecified atom stereocenters. The Bertz CT molecular complexity index is 568. The highest BCUT2D eigenvalue weighted by molar-refractivity contribution is 8.14. The van der Waals surface area contributed by atoms with Gasteiger partial charge in [-0.25, -0.2) is 0 Å².